The second-order valence-electron chi connectivity index (χ2n) is 6.35. The van der Waals surface area contributed by atoms with E-state index in [9.17, 15) is 28.8 Å². The van der Waals surface area contributed by atoms with E-state index in [1.807, 2.05) is 0 Å². The number of methoxy groups -OCH3 is 2. The van der Waals surface area contributed by atoms with Crippen molar-refractivity contribution >= 4 is 34.7 Å². The van der Waals surface area contributed by atoms with Crippen LogP contribution in [0.2, 0.25) is 0 Å². The SMILES string of the molecule is COC1=CC(=O)C(=O)C(CCCCCC2C(=O)C(=O)C=C(OC)C2=O)C1=O. The molecule has 2 aliphatic rings. The van der Waals surface area contributed by atoms with Crippen LogP contribution in [0.3, 0.4) is 0 Å². The Morgan fingerprint density at radius 3 is 1.33 bits per heavy atom. The maximum absolute atomic E-state index is 12.1. The average Bonchev–Trinajstić information content (AvgIpc) is 2.65. The summed E-state index contributed by atoms with van der Waals surface area (Å²) in [6.07, 6.45) is 3.58. The molecule has 0 fully saturated rings. The topological polar surface area (TPSA) is 121 Å². The van der Waals surface area contributed by atoms with Crippen molar-refractivity contribution in [1.29, 1.82) is 0 Å². The van der Waals surface area contributed by atoms with Gasteiger partial charge in [0.25, 0.3) is 0 Å². The number of ether oxygens (including phenoxy) is 2. The molecular formula is C19H20O8. The summed E-state index contributed by atoms with van der Waals surface area (Å²) < 4.78 is 9.66. The maximum Gasteiger partial charge on any atom is 0.226 e. The number of allylic oxidation sites excluding steroid dienone is 4. The highest BCUT2D eigenvalue weighted by Crippen LogP contribution is 2.25. The fourth-order valence-corrected chi connectivity index (χ4v) is 3.16. The average molecular weight is 376 g/mol. The van der Waals surface area contributed by atoms with Crippen LogP contribution in [0, 0.1) is 11.8 Å². The predicted octanol–water partition coefficient (Wildman–Crippen LogP) is 0.672. The van der Waals surface area contributed by atoms with Crippen LogP contribution >= 0.6 is 0 Å². The van der Waals surface area contributed by atoms with Crippen LogP contribution in [0.5, 0.6) is 0 Å². The molecule has 0 saturated carbocycles. The normalized spacial score (nSPS) is 23.3. The number of unbranched alkanes of at least 4 members (excludes halogenated alkanes) is 2. The van der Waals surface area contributed by atoms with E-state index in [1.165, 1.54) is 14.2 Å². The number of carbonyl (C=O) groups excluding carboxylic acids is 6. The van der Waals surface area contributed by atoms with Crippen LogP contribution in [-0.2, 0) is 38.2 Å². The fourth-order valence-electron chi connectivity index (χ4n) is 3.16. The van der Waals surface area contributed by atoms with Crippen LogP contribution < -0.4 is 0 Å². The van der Waals surface area contributed by atoms with Gasteiger partial charge in [0.05, 0.1) is 26.1 Å². The van der Waals surface area contributed by atoms with Crippen LogP contribution in [0.4, 0.5) is 0 Å². The van der Waals surface area contributed by atoms with E-state index in [1.54, 1.807) is 0 Å². The van der Waals surface area contributed by atoms with E-state index in [0.29, 0.717) is 19.3 Å². The third kappa shape index (κ3) is 4.27. The Kier molecular flexibility index (Phi) is 6.55. The van der Waals surface area contributed by atoms with Gasteiger partial charge in [0.15, 0.2) is 11.5 Å². The third-order valence-corrected chi connectivity index (χ3v) is 4.69. The zero-order valence-electron chi connectivity index (χ0n) is 15.1. The minimum absolute atomic E-state index is 0.125. The summed E-state index contributed by atoms with van der Waals surface area (Å²) in [4.78, 5) is 71.2. The highest BCUT2D eigenvalue weighted by atomic mass is 16.5. The molecule has 0 bridgehead atoms. The zero-order chi connectivity index (χ0) is 20.1. The first-order valence-electron chi connectivity index (χ1n) is 8.58. The van der Waals surface area contributed by atoms with Crippen LogP contribution in [0.25, 0.3) is 0 Å². The molecule has 0 heterocycles. The van der Waals surface area contributed by atoms with Crippen molar-refractivity contribution < 1.29 is 38.2 Å². The van der Waals surface area contributed by atoms with E-state index in [4.69, 9.17) is 9.47 Å². The summed E-state index contributed by atoms with van der Waals surface area (Å²) in [5.41, 5.74) is 0. The van der Waals surface area contributed by atoms with Crippen molar-refractivity contribution in [3.8, 4) is 0 Å². The minimum atomic E-state index is -1.06. The molecule has 0 amide bonds. The Morgan fingerprint density at radius 2 is 1.00 bits per heavy atom. The maximum atomic E-state index is 12.1. The lowest BCUT2D eigenvalue weighted by molar-refractivity contribution is -0.142. The lowest BCUT2D eigenvalue weighted by Crippen LogP contribution is -2.36. The Bertz CT molecular complexity index is 707. The predicted molar refractivity (Wildman–Crippen MR) is 90.3 cm³/mol. The van der Waals surface area contributed by atoms with Crippen molar-refractivity contribution in [3.05, 3.63) is 23.7 Å². The molecule has 8 heteroatoms. The van der Waals surface area contributed by atoms with Gasteiger partial charge in [0.1, 0.15) is 0 Å². The lowest BCUT2D eigenvalue weighted by atomic mass is 9.83. The minimum Gasteiger partial charge on any atom is -0.493 e. The Morgan fingerprint density at radius 1 is 0.630 bits per heavy atom. The highest BCUT2D eigenvalue weighted by molar-refractivity contribution is 6.49. The van der Waals surface area contributed by atoms with Crippen molar-refractivity contribution in [1.82, 2.24) is 0 Å². The van der Waals surface area contributed by atoms with Crippen LogP contribution in [0.15, 0.2) is 23.7 Å². The summed E-state index contributed by atoms with van der Waals surface area (Å²) >= 11 is 0. The number of hydrogen-bond acceptors (Lipinski definition) is 8. The largest absolute Gasteiger partial charge is 0.493 e. The molecule has 0 aromatic carbocycles. The van der Waals surface area contributed by atoms with Crippen LogP contribution in [0.1, 0.15) is 32.1 Å². The van der Waals surface area contributed by atoms with E-state index in [2.05, 4.69) is 0 Å². The molecule has 0 saturated heterocycles. The van der Waals surface area contributed by atoms with Gasteiger partial charge in [0, 0.05) is 12.2 Å². The quantitative estimate of drug-likeness (QED) is 0.344. The number of hydrogen-bond donors (Lipinski definition) is 0. The van der Waals surface area contributed by atoms with Crippen molar-refractivity contribution in [2.24, 2.45) is 11.8 Å². The lowest BCUT2D eigenvalue weighted by Gasteiger charge is -2.19. The summed E-state index contributed by atoms with van der Waals surface area (Å²) in [5.74, 6) is -6.40. The van der Waals surface area contributed by atoms with Crippen LogP contribution in [-0.4, -0.2) is 48.9 Å². The first kappa shape index (κ1) is 20.4. The zero-order valence-corrected chi connectivity index (χ0v) is 15.1. The van der Waals surface area contributed by atoms with Gasteiger partial charge in [-0.05, 0) is 12.8 Å². The summed E-state index contributed by atoms with van der Waals surface area (Å²) in [7, 11) is 2.51. The molecule has 2 aliphatic carbocycles. The van der Waals surface area contributed by atoms with E-state index >= 15 is 0 Å². The van der Waals surface area contributed by atoms with Crippen molar-refractivity contribution in [3.63, 3.8) is 0 Å². The van der Waals surface area contributed by atoms with Gasteiger partial charge in [0.2, 0.25) is 34.7 Å². The molecule has 144 valence electrons. The smallest absolute Gasteiger partial charge is 0.226 e. The number of rotatable bonds is 8. The number of ketones is 6. The molecule has 0 spiro atoms. The molecule has 0 aromatic heterocycles. The summed E-state index contributed by atoms with van der Waals surface area (Å²) in [6, 6.07) is 0. The number of Topliss-reactive ketones (excluding diaryl/α,β-unsaturated/α-hetero) is 4. The van der Waals surface area contributed by atoms with Gasteiger partial charge in [-0.25, -0.2) is 0 Å². The molecule has 0 radical (unpaired) electrons. The fraction of sp³-hybridized carbons (Fsp3) is 0.474. The van der Waals surface area contributed by atoms with Gasteiger partial charge >= 0.3 is 0 Å². The summed E-state index contributed by atoms with van der Waals surface area (Å²) in [5, 5.41) is 0. The number of carbonyl (C=O) groups is 6. The first-order chi connectivity index (χ1) is 12.8. The first-order valence-corrected chi connectivity index (χ1v) is 8.58. The van der Waals surface area contributed by atoms with Gasteiger partial charge in [-0.1, -0.05) is 19.3 Å². The molecule has 0 aliphatic heterocycles. The molecule has 2 unspecified atom stereocenters. The molecule has 8 nitrogen and oxygen atoms in total. The second-order valence-corrected chi connectivity index (χ2v) is 6.35. The Hall–Kier alpha value is -2.90. The second kappa shape index (κ2) is 8.66. The molecule has 2 atom stereocenters. The van der Waals surface area contributed by atoms with E-state index in [0.717, 1.165) is 12.2 Å². The molecular weight excluding hydrogens is 356 g/mol. The Balaban J connectivity index is 1.85. The van der Waals surface area contributed by atoms with E-state index in [-0.39, 0.29) is 24.4 Å². The van der Waals surface area contributed by atoms with Gasteiger partial charge in [-0.2, -0.15) is 0 Å². The molecule has 0 aromatic rings. The molecule has 27 heavy (non-hydrogen) atoms. The van der Waals surface area contributed by atoms with Gasteiger partial charge in [-0.15, -0.1) is 0 Å². The molecule has 2 rings (SSSR count). The third-order valence-electron chi connectivity index (χ3n) is 4.69. The molecule has 0 N–H and O–H groups in total. The van der Waals surface area contributed by atoms with E-state index < -0.39 is 46.5 Å². The van der Waals surface area contributed by atoms with Crippen molar-refractivity contribution in [2.45, 2.75) is 32.1 Å². The van der Waals surface area contributed by atoms with Gasteiger partial charge < -0.3 is 9.47 Å². The monoisotopic (exact) mass is 376 g/mol. The van der Waals surface area contributed by atoms with Gasteiger partial charge in [-0.3, -0.25) is 28.8 Å². The van der Waals surface area contributed by atoms with Crippen molar-refractivity contribution in [2.75, 3.05) is 14.2 Å². The highest BCUT2D eigenvalue weighted by Gasteiger charge is 2.39. The standard InChI is InChI=1S/C19H20O8/c1-26-14-8-12(20)16(22)10(18(14)24)6-4-3-5-7-11-17(23)13(21)9-15(27-2)19(11)25/h8-11H,3-7H2,1-2H3. The summed E-state index contributed by atoms with van der Waals surface area (Å²) in [6.45, 7) is 0. The Labute approximate surface area is 155 Å².